The molecular weight excluding hydrogens is 244 g/mol. The predicted molar refractivity (Wildman–Crippen MR) is 74.5 cm³/mol. The lowest BCUT2D eigenvalue weighted by atomic mass is 10.1. The summed E-state index contributed by atoms with van der Waals surface area (Å²) >= 11 is 6.03. The van der Waals surface area contributed by atoms with Crippen molar-refractivity contribution in [1.82, 2.24) is 9.97 Å². The minimum Gasteiger partial charge on any atom is -0.361 e. The molecule has 0 bridgehead atoms. The lowest BCUT2D eigenvalue weighted by molar-refractivity contribution is 1.32. The van der Waals surface area contributed by atoms with Crippen LogP contribution in [0.1, 0.15) is 0 Å². The molecule has 18 heavy (non-hydrogen) atoms. The zero-order valence-corrected chi connectivity index (χ0v) is 10.4. The number of aromatic amines is 1. The van der Waals surface area contributed by atoms with Crippen LogP contribution in [0.25, 0.3) is 22.5 Å². The van der Waals surface area contributed by atoms with E-state index >= 15 is 0 Å². The van der Waals surface area contributed by atoms with Crippen LogP contribution in [-0.2, 0) is 0 Å². The summed E-state index contributed by atoms with van der Waals surface area (Å²) in [5, 5.41) is 0.731. The molecule has 2 aromatic heterocycles. The van der Waals surface area contributed by atoms with Gasteiger partial charge in [0.2, 0.25) is 0 Å². The molecule has 3 aromatic rings. The van der Waals surface area contributed by atoms with Gasteiger partial charge in [-0.1, -0.05) is 29.8 Å². The Kier molecular flexibility index (Phi) is 2.87. The lowest BCUT2D eigenvalue weighted by Gasteiger charge is -2.04. The fourth-order valence-corrected chi connectivity index (χ4v) is 2.18. The van der Waals surface area contributed by atoms with E-state index < -0.39 is 0 Å². The third-order valence-corrected chi connectivity index (χ3v) is 3.04. The molecule has 0 atom stereocenters. The summed E-state index contributed by atoms with van der Waals surface area (Å²) in [6.07, 6.45) is 3.71. The molecule has 0 radical (unpaired) electrons. The molecule has 3 heteroatoms. The van der Waals surface area contributed by atoms with Crippen LogP contribution in [0.2, 0.25) is 5.02 Å². The Morgan fingerprint density at radius 2 is 1.94 bits per heavy atom. The van der Waals surface area contributed by atoms with E-state index in [1.807, 2.05) is 54.7 Å². The highest BCUT2D eigenvalue weighted by Crippen LogP contribution is 2.30. The molecule has 0 aliphatic carbocycles. The Labute approximate surface area is 110 Å². The van der Waals surface area contributed by atoms with Crippen LogP contribution < -0.4 is 0 Å². The SMILES string of the molecule is Clc1cccc(-c2[nH]ccc2-c2ccccn2)c1. The number of halogens is 1. The quantitative estimate of drug-likeness (QED) is 0.722. The average Bonchev–Trinajstić information content (AvgIpc) is 2.89. The molecule has 2 nitrogen and oxygen atoms in total. The number of hydrogen-bond donors (Lipinski definition) is 1. The van der Waals surface area contributed by atoms with E-state index in [-0.39, 0.29) is 0 Å². The van der Waals surface area contributed by atoms with Crippen LogP contribution in [0.15, 0.2) is 60.9 Å². The lowest BCUT2D eigenvalue weighted by Crippen LogP contribution is -1.84. The van der Waals surface area contributed by atoms with E-state index in [9.17, 15) is 0 Å². The first kappa shape index (κ1) is 11.1. The predicted octanol–water partition coefficient (Wildman–Crippen LogP) is 4.40. The molecule has 0 amide bonds. The summed E-state index contributed by atoms with van der Waals surface area (Å²) in [5.41, 5.74) is 4.14. The zero-order valence-electron chi connectivity index (χ0n) is 9.60. The van der Waals surface area contributed by atoms with Gasteiger partial charge in [0.05, 0.1) is 11.4 Å². The third-order valence-electron chi connectivity index (χ3n) is 2.80. The summed E-state index contributed by atoms with van der Waals surface area (Å²) in [4.78, 5) is 7.63. The molecule has 0 saturated heterocycles. The minimum absolute atomic E-state index is 0.731. The van der Waals surface area contributed by atoms with Crippen molar-refractivity contribution in [1.29, 1.82) is 0 Å². The van der Waals surface area contributed by atoms with Crippen LogP contribution in [0, 0.1) is 0 Å². The van der Waals surface area contributed by atoms with Crippen LogP contribution in [0.3, 0.4) is 0 Å². The Morgan fingerprint density at radius 3 is 2.72 bits per heavy atom. The van der Waals surface area contributed by atoms with Gasteiger partial charge in [-0.15, -0.1) is 0 Å². The standard InChI is InChI=1S/C15H11ClN2/c16-12-5-3-4-11(10-12)15-13(7-9-18-15)14-6-1-2-8-17-14/h1-10,18H. The molecule has 0 aliphatic heterocycles. The van der Waals surface area contributed by atoms with Crippen molar-refractivity contribution in [2.45, 2.75) is 0 Å². The first-order chi connectivity index (χ1) is 8.84. The Morgan fingerprint density at radius 1 is 1.00 bits per heavy atom. The normalized spacial score (nSPS) is 10.5. The van der Waals surface area contributed by atoms with Crippen molar-refractivity contribution in [2.24, 2.45) is 0 Å². The van der Waals surface area contributed by atoms with E-state index in [4.69, 9.17) is 11.6 Å². The van der Waals surface area contributed by atoms with Crippen LogP contribution in [0.5, 0.6) is 0 Å². The van der Waals surface area contributed by atoms with Gasteiger partial charge in [-0.3, -0.25) is 4.98 Å². The molecule has 0 spiro atoms. The Balaban J connectivity index is 2.13. The number of nitrogens with one attached hydrogen (secondary N) is 1. The first-order valence-corrected chi connectivity index (χ1v) is 6.07. The second-order valence-corrected chi connectivity index (χ2v) is 4.43. The van der Waals surface area contributed by atoms with E-state index in [0.29, 0.717) is 0 Å². The molecule has 0 saturated carbocycles. The van der Waals surface area contributed by atoms with Crippen molar-refractivity contribution in [3.8, 4) is 22.5 Å². The summed E-state index contributed by atoms with van der Waals surface area (Å²) in [7, 11) is 0. The molecule has 3 rings (SSSR count). The van der Waals surface area contributed by atoms with E-state index in [1.54, 1.807) is 6.20 Å². The highest BCUT2D eigenvalue weighted by Gasteiger charge is 2.09. The molecule has 2 heterocycles. The number of nitrogens with zero attached hydrogens (tertiary/aromatic N) is 1. The molecule has 0 unspecified atom stereocenters. The van der Waals surface area contributed by atoms with Gasteiger partial charge in [0.15, 0.2) is 0 Å². The van der Waals surface area contributed by atoms with Gasteiger partial charge >= 0.3 is 0 Å². The van der Waals surface area contributed by atoms with Crippen molar-refractivity contribution >= 4 is 11.6 Å². The maximum absolute atomic E-state index is 6.03. The number of aromatic nitrogens is 2. The Bertz CT molecular complexity index is 659. The van der Waals surface area contributed by atoms with E-state index in [2.05, 4.69) is 9.97 Å². The van der Waals surface area contributed by atoms with Crippen molar-refractivity contribution in [3.05, 3.63) is 65.9 Å². The van der Waals surface area contributed by atoms with Gasteiger partial charge in [0, 0.05) is 28.5 Å². The molecule has 1 aromatic carbocycles. The van der Waals surface area contributed by atoms with Gasteiger partial charge in [0.25, 0.3) is 0 Å². The number of benzene rings is 1. The summed E-state index contributed by atoms with van der Waals surface area (Å²) in [6, 6.07) is 15.7. The zero-order chi connectivity index (χ0) is 12.4. The number of H-pyrrole nitrogens is 1. The van der Waals surface area contributed by atoms with E-state index in [1.165, 1.54) is 0 Å². The highest BCUT2D eigenvalue weighted by molar-refractivity contribution is 6.30. The largest absolute Gasteiger partial charge is 0.361 e. The number of rotatable bonds is 2. The second-order valence-electron chi connectivity index (χ2n) is 3.99. The molecule has 0 fully saturated rings. The topological polar surface area (TPSA) is 28.7 Å². The third kappa shape index (κ3) is 2.03. The molecule has 88 valence electrons. The van der Waals surface area contributed by atoms with Crippen LogP contribution in [0.4, 0.5) is 0 Å². The van der Waals surface area contributed by atoms with Gasteiger partial charge in [-0.2, -0.15) is 0 Å². The maximum atomic E-state index is 6.03. The number of hydrogen-bond acceptors (Lipinski definition) is 1. The molecule has 0 aliphatic rings. The van der Waals surface area contributed by atoms with Gasteiger partial charge in [-0.25, -0.2) is 0 Å². The maximum Gasteiger partial charge on any atom is 0.0723 e. The van der Waals surface area contributed by atoms with E-state index in [0.717, 1.165) is 27.5 Å². The van der Waals surface area contributed by atoms with Crippen LogP contribution in [-0.4, -0.2) is 9.97 Å². The summed E-state index contributed by atoms with van der Waals surface area (Å²) in [6.45, 7) is 0. The van der Waals surface area contributed by atoms with Crippen LogP contribution >= 0.6 is 11.6 Å². The second kappa shape index (κ2) is 4.67. The fourth-order valence-electron chi connectivity index (χ4n) is 1.99. The van der Waals surface area contributed by atoms with Crippen molar-refractivity contribution in [3.63, 3.8) is 0 Å². The average molecular weight is 255 g/mol. The van der Waals surface area contributed by atoms with Gasteiger partial charge < -0.3 is 4.98 Å². The van der Waals surface area contributed by atoms with Crippen molar-refractivity contribution < 1.29 is 0 Å². The van der Waals surface area contributed by atoms with Gasteiger partial charge in [-0.05, 0) is 30.3 Å². The monoisotopic (exact) mass is 254 g/mol. The molecule has 1 N–H and O–H groups in total. The smallest absolute Gasteiger partial charge is 0.0723 e. The number of pyridine rings is 1. The highest BCUT2D eigenvalue weighted by atomic mass is 35.5. The summed E-state index contributed by atoms with van der Waals surface area (Å²) < 4.78 is 0. The van der Waals surface area contributed by atoms with Crippen molar-refractivity contribution in [2.75, 3.05) is 0 Å². The Hall–Kier alpha value is -2.06. The minimum atomic E-state index is 0.731. The van der Waals surface area contributed by atoms with Gasteiger partial charge in [0.1, 0.15) is 0 Å². The fraction of sp³-hybridized carbons (Fsp3) is 0. The molecular formula is C15H11ClN2. The summed E-state index contributed by atoms with van der Waals surface area (Å²) in [5.74, 6) is 0. The first-order valence-electron chi connectivity index (χ1n) is 5.69.